The lowest BCUT2D eigenvalue weighted by Gasteiger charge is -2.34. The fourth-order valence-corrected chi connectivity index (χ4v) is 5.09. The van der Waals surface area contributed by atoms with Crippen molar-refractivity contribution in [3.63, 3.8) is 0 Å². The van der Waals surface area contributed by atoms with Gasteiger partial charge in [0.1, 0.15) is 12.4 Å². The van der Waals surface area contributed by atoms with Gasteiger partial charge in [0, 0.05) is 43.3 Å². The number of hydrogen-bond acceptors (Lipinski definition) is 5. The van der Waals surface area contributed by atoms with Gasteiger partial charge in [-0.2, -0.15) is 0 Å². The Morgan fingerprint density at radius 3 is 2.60 bits per heavy atom. The normalized spacial score (nSPS) is 19.5. The quantitative estimate of drug-likeness (QED) is 0.590. The predicted molar refractivity (Wildman–Crippen MR) is 131 cm³/mol. The molecule has 1 saturated carbocycles. The van der Waals surface area contributed by atoms with Crippen molar-refractivity contribution in [2.45, 2.75) is 50.9 Å². The number of carbonyl (C=O) groups is 2. The number of nitrogens with zero attached hydrogens (tertiary/aromatic N) is 4. The van der Waals surface area contributed by atoms with Crippen LogP contribution in [-0.4, -0.2) is 68.3 Å². The average Bonchev–Trinajstić information content (AvgIpc) is 3.39. The van der Waals surface area contributed by atoms with Crippen LogP contribution in [-0.2, 0) is 16.1 Å². The molecule has 0 spiro atoms. The molecule has 1 saturated heterocycles. The highest BCUT2D eigenvalue weighted by Gasteiger charge is 2.35. The Morgan fingerprint density at radius 1 is 1.00 bits per heavy atom. The summed E-state index contributed by atoms with van der Waals surface area (Å²) in [6, 6.07) is 13.3. The van der Waals surface area contributed by atoms with Crippen LogP contribution >= 0.6 is 0 Å². The number of hydrogen-bond donors (Lipinski definition) is 1. The first-order valence-corrected chi connectivity index (χ1v) is 12.4. The molecule has 1 aliphatic carbocycles. The highest BCUT2D eigenvalue weighted by atomic mass is 16.5. The number of imidazole rings is 1. The van der Waals surface area contributed by atoms with E-state index in [0.717, 1.165) is 31.4 Å². The van der Waals surface area contributed by atoms with Gasteiger partial charge in [0.25, 0.3) is 5.91 Å². The molecule has 0 radical (unpaired) electrons. The largest absolute Gasteiger partial charge is 0.368 e. The molecule has 1 aliphatic heterocycles. The van der Waals surface area contributed by atoms with Crippen LogP contribution in [0.2, 0.25) is 0 Å². The molecule has 182 valence electrons. The Balaban J connectivity index is 1.40. The van der Waals surface area contributed by atoms with Gasteiger partial charge in [-0.1, -0.05) is 43.5 Å². The molecule has 5 rings (SSSR count). The zero-order chi connectivity index (χ0) is 24.0. The molecule has 2 fully saturated rings. The second-order valence-electron chi connectivity index (χ2n) is 9.26. The van der Waals surface area contributed by atoms with Crippen molar-refractivity contribution in [3.05, 3.63) is 72.3 Å². The first-order chi connectivity index (χ1) is 17.2. The van der Waals surface area contributed by atoms with Gasteiger partial charge in [0.15, 0.2) is 0 Å². The summed E-state index contributed by atoms with van der Waals surface area (Å²) in [6.45, 7) is 1.21. The van der Waals surface area contributed by atoms with Crippen molar-refractivity contribution < 1.29 is 14.3 Å². The van der Waals surface area contributed by atoms with Crippen LogP contribution < -0.4 is 0 Å². The molecule has 3 aromatic rings. The number of ether oxygens (including phenoxy) is 1. The maximum atomic E-state index is 13.8. The van der Waals surface area contributed by atoms with Crippen LogP contribution in [0.5, 0.6) is 0 Å². The van der Waals surface area contributed by atoms with Gasteiger partial charge in [-0.15, -0.1) is 0 Å². The zero-order valence-electron chi connectivity index (χ0n) is 19.8. The van der Waals surface area contributed by atoms with Crippen molar-refractivity contribution in [1.82, 2.24) is 24.8 Å². The highest BCUT2D eigenvalue weighted by molar-refractivity contribution is 6.01. The Labute approximate surface area is 205 Å². The molecule has 1 atom stereocenters. The van der Waals surface area contributed by atoms with E-state index in [2.05, 4.69) is 15.0 Å². The molecule has 2 aliphatic rings. The fraction of sp³-hybridized carbons (Fsp3) is 0.407. The minimum atomic E-state index is -0.301. The van der Waals surface area contributed by atoms with Gasteiger partial charge in [-0.05, 0) is 31.0 Å². The minimum Gasteiger partial charge on any atom is -0.368 e. The fourth-order valence-electron chi connectivity index (χ4n) is 5.09. The summed E-state index contributed by atoms with van der Waals surface area (Å²) in [5.41, 5.74) is 2.06. The minimum absolute atomic E-state index is 0.00957. The number of aromatic nitrogens is 3. The molecular formula is C27H31N5O3. The second kappa shape index (κ2) is 10.8. The van der Waals surface area contributed by atoms with Crippen molar-refractivity contribution in [1.29, 1.82) is 0 Å². The Bertz CT molecular complexity index is 1130. The summed E-state index contributed by atoms with van der Waals surface area (Å²) in [5.74, 6) is 0.425. The Morgan fingerprint density at radius 2 is 1.83 bits per heavy atom. The summed E-state index contributed by atoms with van der Waals surface area (Å²) >= 11 is 0. The number of amides is 2. The highest BCUT2D eigenvalue weighted by Crippen LogP contribution is 2.26. The third-order valence-corrected chi connectivity index (χ3v) is 6.88. The number of benzene rings is 1. The first kappa shape index (κ1) is 23.2. The van der Waals surface area contributed by atoms with Crippen LogP contribution in [0.3, 0.4) is 0 Å². The van der Waals surface area contributed by atoms with Gasteiger partial charge in [-0.25, -0.2) is 4.98 Å². The summed E-state index contributed by atoms with van der Waals surface area (Å²) in [7, 11) is 0. The topological polar surface area (TPSA) is 91.4 Å². The van der Waals surface area contributed by atoms with Crippen molar-refractivity contribution >= 4 is 11.8 Å². The Hall–Kier alpha value is -3.52. The van der Waals surface area contributed by atoms with E-state index in [4.69, 9.17) is 4.74 Å². The number of nitrogens with one attached hydrogen (secondary N) is 1. The predicted octanol–water partition coefficient (Wildman–Crippen LogP) is 3.67. The van der Waals surface area contributed by atoms with E-state index in [1.807, 2.05) is 41.3 Å². The third kappa shape index (κ3) is 5.43. The summed E-state index contributed by atoms with van der Waals surface area (Å²) in [5, 5.41) is 0. The van der Waals surface area contributed by atoms with Gasteiger partial charge in [-0.3, -0.25) is 14.6 Å². The SMILES string of the molecule is O=C(c1ccccc1-c1ncc[nH]1)N1CC(=O)N(C2CCCCC2)C[C@@H](OCc2ccccn2)C1. The second-order valence-corrected chi connectivity index (χ2v) is 9.26. The standard InChI is InChI=1S/C27H31N5O3/c33-25-18-31(27(34)24-12-5-4-11-23(24)26-29-14-15-30-26)16-22(35-19-20-8-6-7-13-28-20)17-32(25)21-9-2-1-3-10-21/h4-8,11-15,21-22H,1-3,9-10,16-19H2,(H,29,30)/t22-/m0/s1. The maximum absolute atomic E-state index is 13.8. The van der Waals surface area contributed by atoms with Gasteiger partial charge >= 0.3 is 0 Å². The first-order valence-electron chi connectivity index (χ1n) is 12.4. The molecule has 8 nitrogen and oxygen atoms in total. The van der Waals surface area contributed by atoms with E-state index in [-0.39, 0.29) is 30.5 Å². The molecular weight excluding hydrogens is 442 g/mol. The number of rotatable bonds is 6. The van der Waals surface area contributed by atoms with Crippen LogP contribution in [0.25, 0.3) is 11.4 Å². The van der Waals surface area contributed by atoms with Crippen LogP contribution in [0.1, 0.15) is 48.2 Å². The Kier molecular flexibility index (Phi) is 7.18. The molecule has 8 heteroatoms. The molecule has 0 unspecified atom stereocenters. The molecule has 0 bridgehead atoms. The number of carbonyl (C=O) groups excluding carboxylic acids is 2. The van der Waals surface area contributed by atoms with Gasteiger partial charge < -0.3 is 19.5 Å². The molecule has 2 aromatic heterocycles. The number of H-pyrrole nitrogens is 1. The average molecular weight is 474 g/mol. The molecule has 1 aromatic carbocycles. The summed E-state index contributed by atoms with van der Waals surface area (Å²) in [6.07, 6.45) is 10.3. The van der Waals surface area contributed by atoms with E-state index in [1.165, 1.54) is 6.42 Å². The molecule has 2 amide bonds. The lowest BCUT2D eigenvalue weighted by molar-refractivity contribution is -0.134. The number of pyridine rings is 1. The van der Waals surface area contributed by atoms with Gasteiger partial charge in [0.05, 0.1) is 24.0 Å². The van der Waals surface area contributed by atoms with Crippen molar-refractivity contribution in [2.24, 2.45) is 0 Å². The van der Waals surface area contributed by atoms with Crippen LogP contribution in [0.15, 0.2) is 61.1 Å². The van der Waals surface area contributed by atoms with Crippen molar-refractivity contribution in [2.75, 3.05) is 19.6 Å². The monoisotopic (exact) mass is 473 g/mol. The van der Waals surface area contributed by atoms with E-state index in [1.54, 1.807) is 29.6 Å². The zero-order valence-corrected chi connectivity index (χ0v) is 19.8. The number of aromatic amines is 1. The summed E-state index contributed by atoms with van der Waals surface area (Å²) in [4.78, 5) is 42.6. The third-order valence-electron chi connectivity index (χ3n) is 6.88. The summed E-state index contributed by atoms with van der Waals surface area (Å²) < 4.78 is 6.27. The lowest BCUT2D eigenvalue weighted by atomic mass is 9.94. The maximum Gasteiger partial charge on any atom is 0.255 e. The molecule has 1 N–H and O–H groups in total. The lowest BCUT2D eigenvalue weighted by Crippen LogP contribution is -2.46. The van der Waals surface area contributed by atoms with Gasteiger partial charge in [0.2, 0.25) is 5.91 Å². The van der Waals surface area contributed by atoms with E-state index in [0.29, 0.717) is 36.6 Å². The van der Waals surface area contributed by atoms with Crippen molar-refractivity contribution in [3.8, 4) is 11.4 Å². The molecule has 3 heterocycles. The molecule has 35 heavy (non-hydrogen) atoms. The van der Waals surface area contributed by atoms with E-state index >= 15 is 0 Å². The van der Waals surface area contributed by atoms with E-state index in [9.17, 15) is 9.59 Å². The smallest absolute Gasteiger partial charge is 0.255 e. The van der Waals surface area contributed by atoms with Crippen LogP contribution in [0, 0.1) is 0 Å². The van der Waals surface area contributed by atoms with E-state index < -0.39 is 0 Å². The van der Waals surface area contributed by atoms with Crippen LogP contribution in [0.4, 0.5) is 0 Å².